The van der Waals surface area contributed by atoms with E-state index in [1.165, 1.54) is 16.9 Å². The topological polar surface area (TPSA) is 68.5 Å². The Labute approximate surface area is 140 Å². The maximum absolute atomic E-state index is 12.7. The van der Waals surface area contributed by atoms with Crippen molar-refractivity contribution in [3.05, 3.63) is 45.9 Å². The first-order chi connectivity index (χ1) is 11.1. The monoisotopic (exact) mass is 331 g/mol. The molecule has 2 atom stereocenters. The predicted octanol–water partition coefficient (Wildman–Crippen LogP) is 2.63. The maximum atomic E-state index is 12.7. The summed E-state index contributed by atoms with van der Waals surface area (Å²) in [6.45, 7) is 3.20. The van der Waals surface area contributed by atoms with Gasteiger partial charge < -0.3 is 15.4 Å². The number of methoxy groups -OCH3 is 1. The molecule has 6 heteroatoms. The van der Waals surface area contributed by atoms with Gasteiger partial charge in [-0.2, -0.15) is 0 Å². The molecule has 0 spiro atoms. The van der Waals surface area contributed by atoms with Crippen molar-refractivity contribution >= 4 is 17.2 Å². The molecule has 1 amide bonds. The lowest BCUT2D eigenvalue weighted by atomic mass is 9.97. The van der Waals surface area contributed by atoms with Gasteiger partial charge in [-0.3, -0.25) is 4.79 Å². The molecule has 1 fully saturated rings. The molecule has 2 N–H and O–H groups in total. The Bertz CT molecular complexity index is 683. The molecule has 0 bridgehead atoms. The van der Waals surface area contributed by atoms with E-state index in [1.54, 1.807) is 12.5 Å². The number of carbonyl (C=O) groups excluding carboxylic acids is 1. The lowest BCUT2D eigenvalue weighted by Crippen LogP contribution is -2.34. The predicted molar refractivity (Wildman–Crippen MR) is 90.9 cm³/mol. The Hall–Kier alpha value is -1.92. The summed E-state index contributed by atoms with van der Waals surface area (Å²) in [7, 11) is 1.66. The third-order valence-corrected chi connectivity index (χ3v) is 5.24. The molecular formula is C17H21N3O2S. The third kappa shape index (κ3) is 3.23. The first-order valence-electron chi connectivity index (χ1n) is 7.71. The van der Waals surface area contributed by atoms with Crippen molar-refractivity contribution < 1.29 is 9.53 Å². The van der Waals surface area contributed by atoms with Crippen LogP contribution in [-0.4, -0.2) is 35.5 Å². The molecule has 1 saturated heterocycles. The minimum Gasteiger partial charge on any atom is -0.497 e. The van der Waals surface area contributed by atoms with Crippen LogP contribution in [0.2, 0.25) is 0 Å². The van der Waals surface area contributed by atoms with E-state index < -0.39 is 0 Å². The fraction of sp³-hybridized carbons (Fsp3) is 0.412. The SMILES string of the molecule is COc1ccc([C@@H]2C[C@H](C)N(C(=O)c3csc(CN)n3)C2)cc1. The van der Waals surface area contributed by atoms with Crippen LogP contribution in [-0.2, 0) is 6.54 Å². The number of carbonyl (C=O) groups is 1. The van der Waals surface area contributed by atoms with Crippen molar-refractivity contribution in [3.63, 3.8) is 0 Å². The summed E-state index contributed by atoms with van der Waals surface area (Å²) in [5.74, 6) is 1.21. The highest BCUT2D eigenvalue weighted by molar-refractivity contribution is 7.09. The summed E-state index contributed by atoms with van der Waals surface area (Å²) < 4.78 is 5.20. The molecule has 2 heterocycles. The third-order valence-electron chi connectivity index (χ3n) is 4.37. The summed E-state index contributed by atoms with van der Waals surface area (Å²) >= 11 is 1.44. The summed E-state index contributed by atoms with van der Waals surface area (Å²) in [6, 6.07) is 8.31. The van der Waals surface area contributed by atoms with Gasteiger partial charge in [0.05, 0.1) is 7.11 Å². The van der Waals surface area contributed by atoms with Crippen LogP contribution >= 0.6 is 11.3 Å². The van der Waals surface area contributed by atoms with Gasteiger partial charge in [-0.1, -0.05) is 12.1 Å². The van der Waals surface area contributed by atoms with Crippen molar-refractivity contribution in [1.29, 1.82) is 0 Å². The molecule has 1 aromatic heterocycles. The standard InChI is InChI=1S/C17H21N3O2S/c1-11-7-13(12-3-5-14(22-2)6-4-12)9-20(11)17(21)15-10-23-16(8-18)19-15/h3-6,10-11,13H,7-9,18H2,1-2H3/t11-,13+/m0/s1. The van der Waals surface area contributed by atoms with Gasteiger partial charge in [-0.15, -0.1) is 11.3 Å². The number of amides is 1. The zero-order valence-corrected chi connectivity index (χ0v) is 14.2. The molecule has 23 heavy (non-hydrogen) atoms. The fourth-order valence-corrected chi connectivity index (χ4v) is 3.73. The number of hydrogen-bond acceptors (Lipinski definition) is 5. The average molecular weight is 331 g/mol. The van der Waals surface area contributed by atoms with Crippen molar-refractivity contribution in [3.8, 4) is 5.75 Å². The van der Waals surface area contributed by atoms with Gasteiger partial charge >= 0.3 is 0 Å². The van der Waals surface area contributed by atoms with Crippen LogP contribution in [0, 0.1) is 0 Å². The smallest absolute Gasteiger partial charge is 0.273 e. The molecule has 0 radical (unpaired) electrons. The van der Waals surface area contributed by atoms with Gasteiger partial charge in [0.25, 0.3) is 5.91 Å². The zero-order valence-electron chi connectivity index (χ0n) is 13.4. The molecular weight excluding hydrogens is 310 g/mol. The summed E-state index contributed by atoms with van der Waals surface area (Å²) in [5, 5.41) is 2.60. The van der Waals surface area contributed by atoms with Crippen LogP contribution in [0.5, 0.6) is 5.75 Å². The fourth-order valence-electron chi connectivity index (χ4n) is 3.08. The average Bonchev–Trinajstić information content (AvgIpc) is 3.21. The normalized spacial score (nSPS) is 20.7. The van der Waals surface area contributed by atoms with E-state index in [1.807, 2.05) is 17.0 Å². The van der Waals surface area contributed by atoms with Gasteiger partial charge in [-0.25, -0.2) is 4.98 Å². The van der Waals surface area contributed by atoms with Gasteiger partial charge in [0.15, 0.2) is 0 Å². The molecule has 1 aromatic carbocycles. The molecule has 1 aliphatic heterocycles. The molecule has 0 aliphatic carbocycles. The van der Waals surface area contributed by atoms with Crippen LogP contribution in [0.1, 0.15) is 40.3 Å². The second-order valence-corrected chi connectivity index (χ2v) is 6.79. The number of benzene rings is 1. The van der Waals surface area contributed by atoms with E-state index in [2.05, 4.69) is 24.0 Å². The molecule has 2 aromatic rings. The van der Waals surface area contributed by atoms with Crippen LogP contribution in [0.3, 0.4) is 0 Å². The van der Waals surface area contributed by atoms with E-state index in [0.29, 0.717) is 18.2 Å². The van der Waals surface area contributed by atoms with Crippen molar-refractivity contribution in [1.82, 2.24) is 9.88 Å². The van der Waals surface area contributed by atoms with Crippen LogP contribution in [0.25, 0.3) is 0 Å². The van der Waals surface area contributed by atoms with Crippen LogP contribution in [0.4, 0.5) is 0 Å². The van der Waals surface area contributed by atoms with Crippen LogP contribution < -0.4 is 10.5 Å². The Morgan fingerprint density at radius 2 is 2.17 bits per heavy atom. The summed E-state index contributed by atoms with van der Waals surface area (Å²) in [4.78, 5) is 18.9. The van der Waals surface area contributed by atoms with Crippen molar-refractivity contribution in [2.75, 3.05) is 13.7 Å². The van der Waals surface area contributed by atoms with Gasteiger partial charge in [0.1, 0.15) is 16.5 Å². The minimum absolute atomic E-state index is 0.00413. The molecule has 0 unspecified atom stereocenters. The van der Waals surface area contributed by atoms with E-state index in [9.17, 15) is 4.79 Å². The van der Waals surface area contributed by atoms with Crippen molar-refractivity contribution in [2.24, 2.45) is 5.73 Å². The first-order valence-corrected chi connectivity index (χ1v) is 8.59. The minimum atomic E-state index is 0.00413. The highest BCUT2D eigenvalue weighted by atomic mass is 32.1. The van der Waals surface area contributed by atoms with Crippen LogP contribution in [0.15, 0.2) is 29.6 Å². The Balaban J connectivity index is 1.73. The second kappa shape index (κ2) is 6.68. The second-order valence-electron chi connectivity index (χ2n) is 5.84. The number of ether oxygens (including phenoxy) is 1. The molecule has 1 aliphatic rings. The summed E-state index contributed by atoms with van der Waals surface area (Å²) in [6.07, 6.45) is 0.964. The van der Waals surface area contributed by atoms with Gasteiger partial charge in [0.2, 0.25) is 0 Å². The Morgan fingerprint density at radius 3 is 2.78 bits per heavy atom. The zero-order chi connectivity index (χ0) is 16.4. The number of nitrogens with zero attached hydrogens (tertiary/aromatic N) is 2. The molecule has 5 nitrogen and oxygen atoms in total. The van der Waals surface area contributed by atoms with E-state index in [4.69, 9.17) is 10.5 Å². The number of thiazole rings is 1. The van der Waals surface area contributed by atoms with E-state index in [-0.39, 0.29) is 11.9 Å². The lowest BCUT2D eigenvalue weighted by molar-refractivity contribution is 0.0740. The number of likely N-dealkylation sites (tertiary alicyclic amines) is 1. The van der Waals surface area contributed by atoms with Gasteiger partial charge in [-0.05, 0) is 31.0 Å². The first kappa shape index (κ1) is 16.0. The quantitative estimate of drug-likeness (QED) is 0.935. The highest BCUT2D eigenvalue weighted by Gasteiger charge is 2.34. The van der Waals surface area contributed by atoms with E-state index >= 15 is 0 Å². The molecule has 0 saturated carbocycles. The largest absolute Gasteiger partial charge is 0.497 e. The number of hydrogen-bond donors (Lipinski definition) is 1. The Morgan fingerprint density at radius 1 is 1.43 bits per heavy atom. The van der Waals surface area contributed by atoms with Crippen molar-refractivity contribution in [2.45, 2.75) is 31.8 Å². The molecule has 122 valence electrons. The summed E-state index contributed by atoms with van der Waals surface area (Å²) in [5.41, 5.74) is 7.33. The van der Waals surface area contributed by atoms with Gasteiger partial charge in [0, 0.05) is 30.4 Å². The lowest BCUT2D eigenvalue weighted by Gasteiger charge is -2.20. The number of nitrogens with two attached hydrogens (primary N) is 1. The number of rotatable bonds is 4. The Kier molecular flexibility index (Phi) is 4.63. The maximum Gasteiger partial charge on any atom is 0.273 e. The number of aromatic nitrogens is 1. The van der Waals surface area contributed by atoms with E-state index in [0.717, 1.165) is 23.7 Å². The molecule has 3 rings (SSSR count). The highest BCUT2D eigenvalue weighted by Crippen LogP contribution is 2.33.